The lowest BCUT2D eigenvalue weighted by Gasteiger charge is -2.00. The van der Waals surface area contributed by atoms with Crippen molar-refractivity contribution in [3.05, 3.63) is 58.1 Å². The van der Waals surface area contributed by atoms with Crippen molar-refractivity contribution in [2.24, 2.45) is 0 Å². The van der Waals surface area contributed by atoms with Crippen LogP contribution in [0.3, 0.4) is 0 Å². The van der Waals surface area contributed by atoms with E-state index in [1.807, 2.05) is 0 Å². The number of hydrogen-bond acceptors (Lipinski definition) is 8. The van der Waals surface area contributed by atoms with E-state index in [0.29, 0.717) is 17.1 Å². The minimum absolute atomic E-state index is 0.0991. The van der Waals surface area contributed by atoms with Crippen LogP contribution in [-0.4, -0.2) is 27.8 Å². The summed E-state index contributed by atoms with van der Waals surface area (Å²) in [4.78, 5) is 22.4. The van der Waals surface area contributed by atoms with E-state index in [-0.39, 0.29) is 29.9 Å². The van der Waals surface area contributed by atoms with Crippen LogP contribution in [-0.2, 0) is 0 Å². The van der Waals surface area contributed by atoms with Crippen LogP contribution >= 0.6 is 0 Å². The number of nitrogens with zero attached hydrogens (tertiary/aromatic N) is 3. The van der Waals surface area contributed by atoms with Gasteiger partial charge in [0.1, 0.15) is 0 Å². The maximum Gasteiger partial charge on any atom is 0.322 e. The molecule has 10 nitrogen and oxygen atoms in total. The molecular weight excluding hydrogens is 344 g/mol. The summed E-state index contributed by atoms with van der Waals surface area (Å²) in [5, 5.41) is 20.8. The highest BCUT2D eigenvalue weighted by molar-refractivity contribution is 6.03. The molecule has 1 aliphatic rings. The van der Waals surface area contributed by atoms with Gasteiger partial charge in [-0.3, -0.25) is 20.2 Å². The topological polar surface area (TPSA) is 130 Å². The number of hydrogen-bond donors (Lipinski definition) is 1. The van der Waals surface area contributed by atoms with Crippen molar-refractivity contribution in [3.8, 4) is 23.0 Å². The molecule has 4 rings (SSSR count). The average molecular weight is 354 g/mol. The van der Waals surface area contributed by atoms with Crippen molar-refractivity contribution >= 4 is 17.6 Å². The maximum absolute atomic E-state index is 12.2. The second kappa shape index (κ2) is 6.16. The summed E-state index contributed by atoms with van der Waals surface area (Å²) in [6.45, 7) is 0.146. The van der Waals surface area contributed by atoms with Crippen molar-refractivity contribution < 1.29 is 23.6 Å². The maximum atomic E-state index is 12.2. The Morgan fingerprint density at radius 3 is 2.81 bits per heavy atom. The molecule has 0 aliphatic carbocycles. The molecule has 2 aromatic carbocycles. The molecule has 26 heavy (non-hydrogen) atoms. The summed E-state index contributed by atoms with van der Waals surface area (Å²) in [5.41, 5.74) is 0.504. The summed E-state index contributed by atoms with van der Waals surface area (Å²) >= 11 is 0. The number of nitrogens with one attached hydrogen (secondary N) is 1. The molecule has 0 radical (unpaired) electrons. The first-order chi connectivity index (χ1) is 12.6. The van der Waals surface area contributed by atoms with Gasteiger partial charge >= 0.3 is 6.01 Å². The lowest BCUT2D eigenvalue weighted by molar-refractivity contribution is -0.384. The quantitative estimate of drug-likeness (QED) is 0.559. The number of benzene rings is 2. The van der Waals surface area contributed by atoms with Crippen LogP contribution in [0, 0.1) is 10.1 Å². The Bertz CT molecular complexity index is 1020. The monoisotopic (exact) mass is 354 g/mol. The van der Waals surface area contributed by atoms with Gasteiger partial charge in [0.05, 0.1) is 4.92 Å². The number of nitro groups is 1. The van der Waals surface area contributed by atoms with Crippen molar-refractivity contribution in [3.63, 3.8) is 0 Å². The zero-order valence-corrected chi connectivity index (χ0v) is 13.0. The van der Waals surface area contributed by atoms with E-state index >= 15 is 0 Å². The number of ether oxygens (including phenoxy) is 2. The molecule has 0 spiro atoms. The smallest absolute Gasteiger partial charge is 0.322 e. The normalized spacial score (nSPS) is 12.0. The first kappa shape index (κ1) is 15.6. The molecule has 1 amide bonds. The molecule has 2 heterocycles. The third-order valence-corrected chi connectivity index (χ3v) is 3.58. The van der Waals surface area contributed by atoms with Gasteiger partial charge in [-0.1, -0.05) is 11.2 Å². The molecule has 0 saturated heterocycles. The van der Waals surface area contributed by atoms with Crippen LogP contribution < -0.4 is 14.8 Å². The second-order valence-corrected chi connectivity index (χ2v) is 5.24. The molecule has 1 N–H and O–H groups in total. The number of non-ortho nitro benzene ring substituents is 1. The second-order valence-electron chi connectivity index (χ2n) is 5.24. The van der Waals surface area contributed by atoms with Crippen LogP contribution in [0.1, 0.15) is 10.4 Å². The fraction of sp³-hybridized carbons (Fsp3) is 0.0625. The molecule has 130 valence electrons. The lowest BCUT2D eigenvalue weighted by atomic mass is 10.2. The third kappa shape index (κ3) is 2.90. The van der Waals surface area contributed by atoms with Crippen LogP contribution in [0.15, 0.2) is 46.9 Å². The Hall–Kier alpha value is -3.95. The number of amides is 1. The number of aromatic nitrogens is 2. The molecule has 3 aromatic rings. The Morgan fingerprint density at radius 2 is 1.96 bits per heavy atom. The molecule has 0 unspecified atom stereocenters. The van der Waals surface area contributed by atoms with Crippen LogP contribution in [0.5, 0.6) is 11.5 Å². The van der Waals surface area contributed by atoms with Gasteiger partial charge in [0.2, 0.25) is 12.7 Å². The van der Waals surface area contributed by atoms with E-state index in [1.54, 1.807) is 18.2 Å². The minimum Gasteiger partial charge on any atom is -0.454 e. The Labute approximate surface area is 145 Å². The van der Waals surface area contributed by atoms with Gasteiger partial charge in [0, 0.05) is 23.3 Å². The average Bonchev–Trinajstić information content (AvgIpc) is 3.30. The first-order valence-electron chi connectivity index (χ1n) is 7.39. The van der Waals surface area contributed by atoms with Crippen molar-refractivity contribution in [1.29, 1.82) is 0 Å². The van der Waals surface area contributed by atoms with E-state index in [0.717, 1.165) is 6.07 Å². The van der Waals surface area contributed by atoms with E-state index in [1.165, 1.54) is 18.2 Å². The van der Waals surface area contributed by atoms with Crippen LogP contribution in [0.4, 0.5) is 11.7 Å². The Kier molecular flexibility index (Phi) is 3.69. The van der Waals surface area contributed by atoms with E-state index in [2.05, 4.69) is 15.5 Å². The fourth-order valence-corrected chi connectivity index (χ4v) is 2.35. The molecule has 0 saturated carbocycles. The predicted octanol–water partition coefficient (Wildman–Crippen LogP) is 2.63. The number of nitro benzene ring substituents is 1. The molecular formula is C16H10N4O6. The first-order valence-corrected chi connectivity index (χ1v) is 7.39. The Morgan fingerprint density at radius 1 is 1.12 bits per heavy atom. The molecule has 1 aliphatic heterocycles. The zero-order valence-electron chi connectivity index (χ0n) is 13.0. The van der Waals surface area contributed by atoms with Gasteiger partial charge in [0.25, 0.3) is 11.6 Å². The number of carbonyl (C=O) groups excluding carboxylic acids is 1. The largest absolute Gasteiger partial charge is 0.454 e. The third-order valence-electron chi connectivity index (χ3n) is 3.58. The van der Waals surface area contributed by atoms with Crippen molar-refractivity contribution in [1.82, 2.24) is 10.2 Å². The summed E-state index contributed by atoms with van der Waals surface area (Å²) in [6, 6.07) is 10.3. The minimum atomic E-state index is -0.602. The highest BCUT2D eigenvalue weighted by Gasteiger charge is 2.18. The molecule has 0 bridgehead atoms. The number of rotatable bonds is 4. The van der Waals surface area contributed by atoms with Gasteiger partial charge in [-0.25, -0.2) is 0 Å². The van der Waals surface area contributed by atoms with E-state index in [9.17, 15) is 14.9 Å². The number of carbonyl (C=O) groups is 1. The molecule has 0 fully saturated rings. The van der Waals surface area contributed by atoms with Gasteiger partial charge in [0.15, 0.2) is 11.5 Å². The SMILES string of the molecule is O=C(Nc1nnc(-c2ccc3c(c2)OCO3)o1)c1cccc([N+](=O)[O-])c1. The zero-order chi connectivity index (χ0) is 18.1. The predicted molar refractivity (Wildman–Crippen MR) is 86.9 cm³/mol. The van der Waals surface area contributed by atoms with Gasteiger partial charge in [-0.2, -0.15) is 0 Å². The molecule has 1 aromatic heterocycles. The van der Waals surface area contributed by atoms with Crippen LogP contribution in [0.25, 0.3) is 11.5 Å². The molecule has 10 heteroatoms. The number of anilines is 1. The standard InChI is InChI=1S/C16H10N4O6/c21-14(9-2-1-3-11(6-9)20(22)23)17-16-19-18-15(26-16)10-4-5-12-13(7-10)25-8-24-12/h1-7H,8H2,(H,17,19,21). The fourth-order valence-electron chi connectivity index (χ4n) is 2.35. The summed E-state index contributed by atoms with van der Waals surface area (Å²) < 4.78 is 15.9. The molecule has 0 atom stereocenters. The van der Waals surface area contributed by atoms with Crippen molar-refractivity contribution in [2.75, 3.05) is 12.1 Å². The highest BCUT2D eigenvalue weighted by Crippen LogP contribution is 2.35. The Balaban J connectivity index is 1.52. The van der Waals surface area contributed by atoms with E-state index in [4.69, 9.17) is 13.9 Å². The van der Waals surface area contributed by atoms with E-state index < -0.39 is 10.8 Å². The van der Waals surface area contributed by atoms with Gasteiger partial charge < -0.3 is 13.9 Å². The number of fused-ring (bicyclic) bond motifs is 1. The van der Waals surface area contributed by atoms with Crippen LogP contribution in [0.2, 0.25) is 0 Å². The summed E-state index contributed by atoms with van der Waals surface area (Å²) in [5.74, 6) is 0.752. The summed E-state index contributed by atoms with van der Waals surface area (Å²) in [7, 11) is 0. The summed E-state index contributed by atoms with van der Waals surface area (Å²) in [6.07, 6.45) is 0. The van der Waals surface area contributed by atoms with Gasteiger partial charge in [-0.15, -0.1) is 5.10 Å². The highest BCUT2D eigenvalue weighted by atomic mass is 16.7. The lowest BCUT2D eigenvalue weighted by Crippen LogP contribution is -2.12. The van der Waals surface area contributed by atoms with Gasteiger partial charge in [-0.05, 0) is 24.3 Å². The van der Waals surface area contributed by atoms with Crippen molar-refractivity contribution in [2.45, 2.75) is 0 Å².